The maximum atomic E-state index is 15.2. The number of nitrogens with zero attached hydrogens (tertiary/aromatic N) is 4. The first-order valence-corrected chi connectivity index (χ1v) is 23.0. The van der Waals surface area contributed by atoms with E-state index >= 15 is 4.39 Å². The molecule has 10 rings (SSSR count). The number of rotatable bonds is 7. The Morgan fingerprint density at radius 2 is 1.07 bits per heavy atom. The molecule has 0 fully saturated rings. The summed E-state index contributed by atoms with van der Waals surface area (Å²) < 4.78 is 17.3. The third-order valence-electron chi connectivity index (χ3n) is 13.3. The van der Waals surface area contributed by atoms with Gasteiger partial charge < -0.3 is 14.4 Å². The van der Waals surface area contributed by atoms with Gasteiger partial charge in [-0.1, -0.05) is 147 Å². The minimum absolute atomic E-state index is 0. The minimum Gasteiger partial charge on any atom is -0.493 e. The standard InChI is InChI=1S/C61H56FN4.Pt/c1-58(2,3)43-31-32-63-57(38-43)66-53-30-28-48(62)39-52(53)51-29-27-45(37-56(51)66)61(41-19-12-10-13-20-41,42-21-14-11-15-22-42)44-23-18-24-49(34-44)64-40-65(55-26-17-16-25-54(55)64)50-35-46(59(4,5)6)33-47(36-50)60(7,8)9;/h10-33,35-36,38-40H,1-9H3;/q-3;. The van der Waals surface area contributed by atoms with E-state index in [1.807, 2.05) is 12.3 Å². The van der Waals surface area contributed by atoms with Crippen molar-refractivity contribution in [1.29, 1.82) is 0 Å². The second kappa shape index (κ2) is 17.1. The van der Waals surface area contributed by atoms with Gasteiger partial charge in [0.05, 0.1) is 0 Å². The summed E-state index contributed by atoms with van der Waals surface area (Å²) in [4.78, 5) is 9.55. The molecule has 4 nitrogen and oxygen atoms in total. The molecule has 3 heterocycles. The zero-order valence-corrected chi connectivity index (χ0v) is 42.0. The average molecular weight is 1060 g/mol. The average Bonchev–Trinajstić information content (AvgIpc) is 3.85. The largest absolute Gasteiger partial charge is 0.493 e. The van der Waals surface area contributed by atoms with Crippen molar-refractivity contribution in [2.45, 2.75) is 84.0 Å². The Balaban J connectivity index is 0.00000562. The summed E-state index contributed by atoms with van der Waals surface area (Å²) in [5, 5.41) is 1.71. The number of fused-ring (bicyclic) bond motifs is 4. The molecule has 340 valence electrons. The van der Waals surface area contributed by atoms with E-state index in [0.29, 0.717) is 0 Å². The van der Waals surface area contributed by atoms with Crippen LogP contribution in [0.2, 0.25) is 0 Å². The topological polar surface area (TPSA) is 24.3 Å². The van der Waals surface area contributed by atoms with Gasteiger partial charge in [0.2, 0.25) is 0 Å². The molecule has 0 atom stereocenters. The molecule has 0 amide bonds. The third kappa shape index (κ3) is 8.10. The number of benzene rings is 7. The maximum absolute atomic E-state index is 15.2. The van der Waals surface area contributed by atoms with Gasteiger partial charge >= 0.3 is 0 Å². The third-order valence-corrected chi connectivity index (χ3v) is 13.3. The van der Waals surface area contributed by atoms with Crippen LogP contribution in [0, 0.1) is 24.6 Å². The number of para-hydroxylation sites is 2. The smallest absolute Gasteiger partial charge is 0.135 e. The summed E-state index contributed by atoms with van der Waals surface area (Å²) in [6, 6.07) is 65.2. The normalized spacial score (nSPS) is 13.3. The first kappa shape index (κ1) is 45.8. The molecule has 0 saturated heterocycles. The van der Waals surface area contributed by atoms with E-state index in [9.17, 15) is 0 Å². The van der Waals surface area contributed by atoms with Crippen molar-refractivity contribution in [2.75, 3.05) is 9.80 Å². The van der Waals surface area contributed by atoms with Crippen LogP contribution in [-0.4, -0.2) is 9.55 Å². The molecule has 6 heteroatoms. The molecule has 7 aromatic carbocycles. The van der Waals surface area contributed by atoms with Crippen molar-refractivity contribution in [1.82, 2.24) is 9.55 Å². The quantitative estimate of drug-likeness (QED) is 0.117. The van der Waals surface area contributed by atoms with E-state index in [4.69, 9.17) is 4.98 Å². The van der Waals surface area contributed by atoms with Crippen LogP contribution in [0.4, 0.5) is 27.1 Å². The maximum Gasteiger partial charge on any atom is 0.135 e. The number of halogens is 1. The fraction of sp³-hybridized carbons (Fsp3) is 0.213. The summed E-state index contributed by atoms with van der Waals surface area (Å²) in [6.07, 6.45) is 1.87. The fourth-order valence-corrected chi connectivity index (χ4v) is 9.63. The summed E-state index contributed by atoms with van der Waals surface area (Å²) in [5.41, 5.74) is 12.6. The summed E-state index contributed by atoms with van der Waals surface area (Å²) in [5.74, 6) is 0.475. The van der Waals surface area contributed by atoms with E-state index < -0.39 is 5.41 Å². The molecule has 2 aromatic heterocycles. The van der Waals surface area contributed by atoms with Crippen molar-refractivity contribution in [3.05, 3.63) is 234 Å². The van der Waals surface area contributed by atoms with Crippen molar-refractivity contribution in [3.8, 4) is 5.82 Å². The molecular weight excluding hydrogens is 1000 g/mol. The Labute approximate surface area is 410 Å². The number of hydrogen-bond donors (Lipinski definition) is 0. The molecule has 0 bridgehead atoms. The molecule has 1 aliphatic heterocycles. The van der Waals surface area contributed by atoms with Crippen molar-refractivity contribution >= 4 is 44.6 Å². The molecule has 0 N–H and O–H groups in total. The molecule has 0 unspecified atom stereocenters. The number of aromatic nitrogens is 2. The first-order valence-electron chi connectivity index (χ1n) is 23.0. The molecule has 67 heavy (non-hydrogen) atoms. The van der Waals surface area contributed by atoms with Gasteiger partial charge in [-0.15, -0.1) is 28.9 Å². The monoisotopic (exact) mass is 1060 g/mol. The predicted molar refractivity (Wildman–Crippen MR) is 272 cm³/mol. The zero-order valence-electron chi connectivity index (χ0n) is 39.7. The first-order chi connectivity index (χ1) is 31.5. The van der Waals surface area contributed by atoms with E-state index in [0.717, 1.165) is 78.2 Å². The molecule has 0 saturated carbocycles. The van der Waals surface area contributed by atoms with Crippen LogP contribution in [0.3, 0.4) is 0 Å². The molecular formula is C61H56FN4Pt-3. The molecule has 1 aliphatic rings. The van der Waals surface area contributed by atoms with Crippen molar-refractivity contribution in [2.24, 2.45) is 0 Å². The van der Waals surface area contributed by atoms with Gasteiger partial charge in [-0.2, -0.15) is 42.5 Å². The van der Waals surface area contributed by atoms with Crippen LogP contribution < -0.4 is 9.80 Å². The van der Waals surface area contributed by atoms with Gasteiger partial charge in [-0.25, -0.2) is 9.37 Å². The van der Waals surface area contributed by atoms with Crippen LogP contribution in [0.15, 0.2) is 170 Å². The van der Waals surface area contributed by atoms with E-state index in [1.54, 1.807) is 6.07 Å². The van der Waals surface area contributed by atoms with Crippen LogP contribution in [0.1, 0.15) is 101 Å². The predicted octanol–water partition coefficient (Wildman–Crippen LogP) is 15.6. The molecule has 0 spiro atoms. The van der Waals surface area contributed by atoms with Gasteiger partial charge in [0, 0.05) is 55.3 Å². The van der Waals surface area contributed by atoms with Gasteiger partial charge in [0.15, 0.2) is 0 Å². The Bertz CT molecular complexity index is 3190. The summed E-state index contributed by atoms with van der Waals surface area (Å²) in [6.45, 7) is 22.6. The minimum atomic E-state index is -0.887. The van der Waals surface area contributed by atoms with Crippen molar-refractivity contribution in [3.63, 3.8) is 0 Å². The van der Waals surface area contributed by atoms with Gasteiger partial charge in [-0.3, -0.25) is 0 Å². The Kier molecular flexibility index (Phi) is 11.7. The fourth-order valence-electron chi connectivity index (χ4n) is 9.63. The second-order valence-electron chi connectivity index (χ2n) is 20.8. The van der Waals surface area contributed by atoms with Gasteiger partial charge in [-0.05, 0) is 104 Å². The number of hydrogen-bond acceptors (Lipinski definition) is 3. The SMILES string of the molecule is CC(C)(C)c1cc(N2[CH-]N(c3[c-]c(C(c4[c-]c5c(cc4)c4cc(F)ccc4n5-c4cc(C(C)(C)C)ccn4)(c4ccccc4)c4ccccc4)ccc3)c3ccccc32)cc(C(C)(C)C)c1.[Pt]. The van der Waals surface area contributed by atoms with Gasteiger partial charge in [0.25, 0.3) is 0 Å². The summed E-state index contributed by atoms with van der Waals surface area (Å²) in [7, 11) is 0. The Hall–Kier alpha value is -6.29. The van der Waals surface area contributed by atoms with Crippen LogP contribution >= 0.6 is 0 Å². The Morgan fingerprint density at radius 3 is 1.69 bits per heavy atom. The Morgan fingerprint density at radius 1 is 0.493 bits per heavy atom. The molecule has 0 radical (unpaired) electrons. The van der Waals surface area contributed by atoms with Crippen LogP contribution in [-0.2, 0) is 42.7 Å². The van der Waals surface area contributed by atoms with Crippen molar-refractivity contribution < 1.29 is 25.5 Å². The van der Waals surface area contributed by atoms with E-state index in [-0.39, 0.29) is 43.1 Å². The number of anilines is 4. The van der Waals surface area contributed by atoms with E-state index in [2.05, 4.69) is 241 Å². The number of pyridine rings is 1. The van der Waals surface area contributed by atoms with Gasteiger partial charge in [0.1, 0.15) is 11.6 Å². The molecule has 0 aliphatic carbocycles. The zero-order chi connectivity index (χ0) is 46.2. The molecule has 9 aromatic rings. The van der Waals surface area contributed by atoms with Crippen LogP contribution in [0.5, 0.6) is 0 Å². The second-order valence-corrected chi connectivity index (χ2v) is 20.8. The van der Waals surface area contributed by atoms with Crippen LogP contribution in [0.25, 0.3) is 27.6 Å². The van der Waals surface area contributed by atoms with E-state index in [1.165, 1.54) is 17.2 Å². The summed E-state index contributed by atoms with van der Waals surface area (Å²) >= 11 is 0.